The van der Waals surface area contributed by atoms with Crippen LogP contribution in [-0.4, -0.2) is 24.9 Å². The third kappa shape index (κ3) is 4.10. The molecule has 1 aliphatic rings. The van der Waals surface area contributed by atoms with Gasteiger partial charge < -0.3 is 15.2 Å². The van der Waals surface area contributed by atoms with E-state index in [0.717, 1.165) is 30.6 Å². The first-order chi connectivity index (χ1) is 9.00. The van der Waals surface area contributed by atoms with Crippen molar-refractivity contribution >= 4 is 11.6 Å². The van der Waals surface area contributed by atoms with Crippen molar-refractivity contribution in [3.8, 4) is 5.75 Å². The second kappa shape index (κ2) is 6.12. The van der Waals surface area contributed by atoms with E-state index >= 15 is 0 Å². The maximum absolute atomic E-state index is 6.00. The molecule has 0 aliphatic carbocycles. The molecule has 1 aliphatic heterocycles. The highest BCUT2D eigenvalue weighted by molar-refractivity contribution is 6.30. The van der Waals surface area contributed by atoms with Crippen molar-refractivity contribution in [2.75, 3.05) is 13.2 Å². The number of hydrogen-bond donors (Lipinski definition) is 1. The molecule has 1 heterocycles. The van der Waals surface area contributed by atoms with Crippen LogP contribution in [0.4, 0.5) is 0 Å². The summed E-state index contributed by atoms with van der Waals surface area (Å²) in [6.45, 7) is 5.41. The molecule has 2 rings (SSSR count). The Labute approximate surface area is 120 Å². The molecule has 2 N–H and O–H groups in total. The topological polar surface area (TPSA) is 44.5 Å². The summed E-state index contributed by atoms with van der Waals surface area (Å²) in [4.78, 5) is 0. The van der Waals surface area contributed by atoms with Crippen molar-refractivity contribution in [1.29, 1.82) is 0 Å². The van der Waals surface area contributed by atoms with Gasteiger partial charge in [0.25, 0.3) is 0 Å². The van der Waals surface area contributed by atoms with Crippen molar-refractivity contribution in [3.05, 3.63) is 28.8 Å². The van der Waals surface area contributed by atoms with Gasteiger partial charge in [0.05, 0.1) is 11.7 Å². The zero-order chi connectivity index (χ0) is 13.9. The summed E-state index contributed by atoms with van der Waals surface area (Å²) < 4.78 is 11.8. The molecule has 0 aromatic heterocycles. The van der Waals surface area contributed by atoms with Crippen LogP contribution in [0.3, 0.4) is 0 Å². The molecule has 19 heavy (non-hydrogen) atoms. The summed E-state index contributed by atoms with van der Waals surface area (Å²) >= 11 is 6.00. The number of nitrogens with two attached hydrogens (primary N) is 1. The lowest BCUT2D eigenvalue weighted by molar-refractivity contribution is -0.0327. The van der Waals surface area contributed by atoms with Crippen molar-refractivity contribution < 1.29 is 9.47 Å². The Balaban J connectivity index is 1.96. The van der Waals surface area contributed by atoms with Gasteiger partial charge >= 0.3 is 0 Å². The first-order valence-corrected chi connectivity index (χ1v) is 7.17. The third-order valence-electron chi connectivity index (χ3n) is 3.42. The van der Waals surface area contributed by atoms with Gasteiger partial charge in [-0.25, -0.2) is 0 Å². The lowest BCUT2D eigenvalue weighted by Gasteiger charge is -2.20. The Morgan fingerprint density at radius 2 is 2.26 bits per heavy atom. The molecule has 1 aromatic rings. The molecule has 1 unspecified atom stereocenters. The largest absolute Gasteiger partial charge is 0.491 e. The molecule has 0 bridgehead atoms. The molecular weight excluding hydrogens is 262 g/mol. The Morgan fingerprint density at radius 3 is 2.89 bits per heavy atom. The van der Waals surface area contributed by atoms with Gasteiger partial charge in [0, 0.05) is 5.02 Å². The first kappa shape index (κ1) is 14.6. The predicted octanol–water partition coefficient (Wildman–Crippen LogP) is 3.18. The maximum atomic E-state index is 6.00. The van der Waals surface area contributed by atoms with Gasteiger partial charge in [0.15, 0.2) is 0 Å². The van der Waals surface area contributed by atoms with Crippen LogP contribution in [0.15, 0.2) is 18.2 Å². The molecule has 4 heteroatoms. The number of rotatable bonds is 5. The van der Waals surface area contributed by atoms with E-state index in [0.29, 0.717) is 18.2 Å². The van der Waals surface area contributed by atoms with Crippen LogP contribution in [0.25, 0.3) is 0 Å². The van der Waals surface area contributed by atoms with E-state index in [-0.39, 0.29) is 11.7 Å². The van der Waals surface area contributed by atoms with Crippen LogP contribution in [-0.2, 0) is 11.2 Å². The SMILES string of the molecule is CC1(C)CCC(COc2ccc(Cl)cc2CCN)O1. The minimum atomic E-state index is -0.0197. The van der Waals surface area contributed by atoms with E-state index in [9.17, 15) is 0 Å². The zero-order valence-corrected chi connectivity index (χ0v) is 12.4. The zero-order valence-electron chi connectivity index (χ0n) is 11.6. The van der Waals surface area contributed by atoms with E-state index in [1.54, 1.807) is 0 Å². The Kier molecular flexibility index (Phi) is 4.71. The minimum absolute atomic E-state index is 0.0197. The molecule has 1 fully saturated rings. The van der Waals surface area contributed by atoms with Crippen molar-refractivity contribution in [2.24, 2.45) is 5.73 Å². The molecular formula is C15H22ClNO2. The minimum Gasteiger partial charge on any atom is -0.491 e. The highest BCUT2D eigenvalue weighted by Gasteiger charge is 2.31. The smallest absolute Gasteiger partial charge is 0.122 e. The summed E-state index contributed by atoms with van der Waals surface area (Å²) in [5, 5.41) is 0.717. The Bertz CT molecular complexity index is 434. The monoisotopic (exact) mass is 283 g/mol. The van der Waals surface area contributed by atoms with E-state index in [1.165, 1.54) is 0 Å². The Hall–Kier alpha value is -0.770. The third-order valence-corrected chi connectivity index (χ3v) is 3.65. The number of benzene rings is 1. The number of hydrogen-bond acceptors (Lipinski definition) is 3. The molecule has 1 atom stereocenters. The second-order valence-electron chi connectivity index (χ2n) is 5.64. The van der Waals surface area contributed by atoms with Crippen LogP contribution in [0.1, 0.15) is 32.3 Å². The summed E-state index contributed by atoms with van der Waals surface area (Å²) in [5.41, 5.74) is 6.65. The molecule has 3 nitrogen and oxygen atoms in total. The first-order valence-electron chi connectivity index (χ1n) is 6.79. The molecule has 0 saturated carbocycles. The maximum Gasteiger partial charge on any atom is 0.122 e. The molecule has 0 spiro atoms. The van der Waals surface area contributed by atoms with Crippen molar-refractivity contribution in [1.82, 2.24) is 0 Å². The predicted molar refractivity (Wildman–Crippen MR) is 77.9 cm³/mol. The van der Waals surface area contributed by atoms with Gasteiger partial charge in [-0.3, -0.25) is 0 Å². The fourth-order valence-electron chi connectivity index (χ4n) is 2.42. The Morgan fingerprint density at radius 1 is 1.47 bits per heavy atom. The average Bonchev–Trinajstić information content (AvgIpc) is 2.68. The van der Waals surface area contributed by atoms with Crippen LogP contribution in [0.5, 0.6) is 5.75 Å². The van der Waals surface area contributed by atoms with Crippen molar-refractivity contribution in [3.63, 3.8) is 0 Å². The average molecular weight is 284 g/mol. The van der Waals surface area contributed by atoms with Crippen LogP contribution in [0, 0.1) is 0 Å². The summed E-state index contributed by atoms with van der Waals surface area (Å²) in [6, 6.07) is 5.67. The van der Waals surface area contributed by atoms with Gasteiger partial charge in [0.2, 0.25) is 0 Å². The van der Waals surface area contributed by atoms with Gasteiger partial charge in [-0.05, 0) is 63.4 Å². The lowest BCUT2D eigenvalue weighted by atomic mass is 10.1. The van der Waals surface area contributed by atoms with Crippen LogP contribution >= 0.6 is 11.6 Å². The van der Waals surface area contributed by atoms with E-state index < -0.39 is 0 Å². The van der Waals surface area contributed by atoms with Crippen molar-refractivity contribution in [2.45, 2.75) is 44.8 Å². The quantitative estimate of drug-likeness (QED) is 0.903. The van der Waals surface area contributed by atoms with Crippen LogP contribution < -0.4 is 10.5 Å². The van der Waals surface area contributed by atoms with Gasteiger partial charge in [-0.2, -0.15) is 0 Å². The van der Waals surface area contributed by atoms with E-state index in [2.05, 4.69) is 13.8 Å². The van der Waals surface area contributed by atoms with Gasteiger partial charge in [-0.15, -0.1) is 0 Å². The summed E-state index contributed by atoms with van der Waals surface area (Å²) in [5.74, 6) is 0.864. The fourth-order valence-corrected chi connectivity index (χ4v) is 2.61. The van der Waals surface area contributed by atoms with E-state index in [4.69, 9.17) is 26.8 Å². The highest BCUT2D eigenvalue weighted by atomic mass is 35.5. The highest BCUT2D eigenvalue weighted by Crippen LogP contribution is 2.30. The van der Waals surface area contributed by atoms with Gasteiger partial charge in [-0.1, -0.05) is 11.6 Å². The molecule has 0 amide bonds. The van der Waals surface area contributed by atoms with E-state index in [1.807, 2.05) is 18.2 Å². The molecule has 1 saturated heterocycles. The molecule has 0 radical (unpaired) electrons. The van der Waals surface area contributed by atoms with Gasteiger partial charge in [0.1, 0.15) is 12.4 Å². The number of ether oxygens (including phenoxy) is 2. The van der Waals surface area contributed by atoms with Crippen LogP contribution in [0.2, 0.25) is 5.02 Å². The fraction of sp³-hybridized carbons (Fsp3) is 0.600. The standard InChI is InChI=1S/C15H22ClNO2/c1-15(2)7-5-13(19-15)10-18-14-4-3-12(16)9-11(14)6-8-17/h3-4,9,13H,5-8,10,17H2,1-2H3. The normalized spacial score (nSPS) is 21.6. The molecule has 1 aromatic carbocycles. The summed E-state index contributed by atoms with van der Waals surface area (Å²) in [7, 11) is 0. The number of halogens is 1. The second-order valence-corrected chi connectivity index (χ2v) is 6.08. The molecule has 106 valence electrons. The summed E-state index contributed by atoms with van der Waals surface area (Å²) in [6.07, 6.45) is 3.08. The lowest BCUT2D eigenvalue weighted by Crippen LogP contribution is -2.24.